The molecule has 1 unspecified atom stereocenters. The van der Waals surface area contributed by atoms with Crippen LogP contribution in [0.1, 0.15) is 50.9 Å². The number of rotatable bonds is 3. The maximum atomic E-state index is 12.7. The molecule has 0 radical (unpaired) electrons. The van der Waals surface area contributed by atoms with E-state index in [1.807, 2.05) is 30.3 Å². The van der Waals surface area contributed by atoms with Crippen LogP contribution in [0, 0.1) is 10.8 Å². The zero-order chi connectivity index (χ0) is 19.4. The molecule has 1 aromatic carbocycles. The number of benzene rings is 1. The molecule has 1 atom stereocenters. The minimum Gasteiger partial charge on any atom is -0.342 e. The van der Waals surface area contributed by atoms with Crippen molar-refractivity contribution in [2.75, 3.05) is 26.7 Å². The molecule has 2 aliphatic heterocycles. The van der Waals surface area contributed by atoms with E-state index in [0.29, 0.717) is 11.8 Å². The van der Waals surface area contributed by atoms with E-state index >= 15 is 0 Å². The van der Waals surface area contributed by atoms with Crippen molar-refractivity contribution in [1.29, 1.82) is 0 Å². The van der Waals surface area contributed by atoms with Crippen molar-refractivity contribution in [1.82, 2.24) is 19.9 Å². The molecule has 2 saturated heterocycles. The van der Waals surface area contributed by atoms with Crippen LogP contribution in [0.25, 0.3) is 11.5 Å². The van der Waals surface area contributed by atoms with E-state index in [4.69, 9.17) is 9.51 Å². The number of carbonyl (C=O) groups is 1. The van der Waals surface area contributed by atoms with Crippen molar-refractivity contribution >= 4 is 5.91 Å². The average molecular weight is 380 g/mol. The zero-order valence-corrected chi connectivity index (χ0v) is 16.7. The van der Waals surface area contributed by atoms with Gasteiger partial charge >= 0.3 is 0 Å². The fourth-order valence-electron chi connectivity index (χ4n) is 4.96. The molecule has 0 bridgehead atoms. The van der Waals surface area contributed by atoms with Gasteiger partial charge in [-0.25, -0.2) is 0 Å². The van der Waals surface area contributed by atoms with E-state index in [1.165, 1.54) is 0 Å². The highest BCUT2D eigenvalue weighted by Gasteiger charge is 2.51. The molecule has 1 saturated carbocycles. The van der Waals surface area contributed by atoms with Gasteiger partial charge in [0.15, 0.2) is 5.82 Å². The van der Waals surface area contributed by atoms with Gasteiger partial charge in [0, 0.05) is 30.6 Å². The highest BCUT2D eigenvalue weighted by Crippen LogP contribution is 2.50. The van der Waals surface area contributed by atoms with Crippen LogP contribution in [0.2, 0.25) is 0 Å². The van der Waals surface area contributed by atoms with Crippen molar-refractivity contribution in [2.45, 2.75) is 45.1 Å². The number of hydrogen-bond acceptors (Lipinski definition) is 5. The minimum absolute atomic E-state index is 0.0576. The Labute approximate surface area is 165 Å². The monoisotopic (exact) mass is 380 g/mol. The quantitative estimate of drug-likeness (QED) is 0.815. The van der Waals surface area contributed by atoms with E-state index < -0.39 is 0 Å². The van der Waals surface area contributed by atoms with Gasteiger partial charge in [-0.05, 0) is 56.7 Å². The van der Waals surface area contributed by atoms with Gasteiger partial charge in [0.2, 0.25) is 5.91 Å². The molecule has 5 rings (SSSR count). The lowest BCUT2D eigenvalue weighted by molar-refractivity contribution is -0.138. The predicted octanol–water partition coefficient (Wildman–Crippen LogP) is 3.52. The second kappa shape index (κ2) is 6.41. The Kier molecular flexibility index (Phi) is 4.09. The first-order valence-corrected chi connectivity index (χ1v) is 10.4. The highest BCUT2D eigenvalue weighted by atomic mass is 16.5. The summed E-state index contributed by atoms with van der Waals surface area (Å²) in [5.74, 6) is 1.74. The number of carbonyl (C=O) groups excluding carboxylic acids is 1. The number of likely N-dealkylation sites (tertiary alicyclic amines) is 2. The number of nitrogens with zero attached hydrogens (tertiary/aromatic N) is 4. The van der Waals surface area contributed by atoms with Gasteiger partial charge in [0.25, 0.3) is 5.89 Å². The third kappa shape index (κ3) is 3.04. The standard InChI is InChI=1S/C22H28N4O2/c1-21(8-9-21)20(27)26-12-10-22(11-13-26)14-17(25(2)15-22)18-23-19(28-24-18)16-6-4-3-5-7-16/h3-7,17H,8-15H2,1-2H3. The lowest BCUT2D eigenvalue weighted by atomic mass is 9.76. The zero-order valence-electron chi connectivity index (χ0n) is 16.7. The molecule has 1 spiro atoms. The first-order valence-electron chi connectivity index (χ1n) is 10.4. The summed E-state index contributed by atoms with van der Waals surface area (Å²) < 4.78 is 5.54. The molecule has 148 valence electrons. The van der Waals surface area contributed by atoms with Crippen LogP contribution < -0.4 is 0 Å². The Morgan fingerprint density at radius 1 is 1.14 bits per heavy atom. The van der Waals surface area contributed by atoms with Crippen LogP contribution >= 0.6 is 0 Å². The van der Waals surface area contributed by atoms with Gasteiger partial charge in [-0.15, -0.1) is 0 Å². The Morgan fingerprint density at radius 3 is 2.54 bits per heavy atom. The SMILES string of the molecule is CN1CC2(CCN(C(=O)C3(C)CC3)CC2)CC1c1noc(-c2ccccc2)n1. The van der Waals surface area contributed by atoms with Crippen LogP contribution in [0.4, 0.5) is 0 Å². The van der Waals surface area contributed by atoms with Gasteiger partial charge in [-0.2, -0.15) is 4.98 Å². The van der Waals surface area contributed by atoms with E-state index in [1.54, 1.807) is 0 Å². The summed E-state index contributed by atoms with van der Waals surface area (Å²) in [5, 5.41) is 4.29. The van der Waals surface area contributed by atoms with Crippen molar-refractivity contribution in [3.8, 4) is 11.5 Å². The molecule has 1 amide bonds. The maximum absolute atomic E-state index is 12.7. The van der Waals surface area contributed by atoms with E-state index in [0.717, 1.165) is 63.1 Å². The normalized spacial score (nSPS) is 25.9. The molecule has 6 nitrogen and oxygen atoms in total. The summed E-state index contributed by atoms with van der Waals surface area (Å²) in [4.78, 5) is 21.8. The second-order valence-electron chi connectivity index (χ2n) is 9.31. The molecule has 2 aromatic rings. The van der Waals surface area contributed by atoms with Gasteiger partial charge < -0.3 is 9.42 Å². The summed E-state index contributed by atoms with van der Waals surface area (Å²) >= 11 is 0. The Hall–Kier alpha value is -2.21. The number of aromatic nitrogens is 2. The van der Waals surface area contributed by atoms with Gasteiger partial charge in [-0.1, -0.05) is 30.3 Å². The van der Waals surface area contributed by atoms with Crippen LogP contribution in [-0.2, 0) is 4.79 Å². The third-order valence-electron chi connectivity index (χ3n) is 7.13. The molecule has 6 heteroatoms. The summed E-state index contributed by atoms with van der Waals surface area (Å²) in [6, 6.07) is 10.1. The largest absolute Gasteiger partial charge is 0.342 e. The molecular formula is C22H28N4O2. The van der Waals surface area contributed by atoms with E-state index in [-0.39, 0.29) is 16.9 Å². The molecule has 3 heterocycles. The summed E-state index contributed by atoms with van der Waals surface area (Å²) in [7, 11) is 2.15. The average Bonchev–Trinajstić information content (AvgIpc) is 3.14. The molecule has 1 aromatic heterocycles. The molecule has 1 aliphatic carbocycles. The Morgan fingerprint density at radius 2 is 1.86 bits per heavy atom. The molecule has 28 heavy (non-hydrogen) atoms. The predicted molar refractivity (Wildman–Crippen MR) is 105 cm³/mol. The van der Waals surface area contributed by atoms with Crippen LogP contribution in [-0.4, -0.2) is 52.5 Å². The number of hydrogen-bond donors (Lipinski definition) is 0. The summed E-state index contributed by atoms with van der Waals surface area (Å²) in [6.45, 7) is 4.92. The Bertz CT molecular complexity index is 866. The van der Waals surface area contributed by atoms with E-state index in [2.05, 4.69) is 28.9 Å². The Balaban J connectivity index is 1.27. The minimum atomic E-state index is -0.0576. The molecule has 3 aliphatic rings. The van der Waals surface area contributed by atoms with Gasteiger partial charge in [-0.3, -0.25) is 9.69 Å². The van der Waals surface area contributed by atoms with Crippen molar-refractivity contribution < 1.29 is 9.32 Å². The lowest BCUT2D eigenvalue weighted by Gasteiger charge is -2.40. The number of amides is 1. The number of piperidine rings is 1. The van der Waals surface area contributed by atoms with E-state index in [9.17, 15) is 4.79 Å². The summed E-state index contributed by atoms with van der Waals surface area (Å²) in [6.07, 6.45) is 5.29. The summed E-state index contributed by atoms with van der Waals surface area (Å²) in [5.41, 5.74) is 1.16. The van der Waals surface area contributed by atoms with Crippen LogP contribution in [0.5, 0.6) is 0 Å². The van der Waals surface area contributed by atoms with Gasteiger partial charge in [0.05, 0.1) is 6.04 Å². The van der Waals surface area contributed by atoms with Gasteiger partial charge in [0.1, 0.15) is 0 Å². The molecular weight excluding hydrogens is 352 g/mol. The smallest absolute Gasteiger partial charge is 0.257 e. The van der Waals surface area contributed by atoms with Crippen molar-refractivity contribution in [2.24, 2.45) is 10.8 Å². The first kappa shape index (κ1) is 17.9. The topological polar surface area (TPSA) is 62.5 Å². The highest BCUT2D eigenvalue weighted by molar-refractivity contribution is 5.85. The van der Waals surface area contributed by atoms with Crippen molar-refractivity contribution in [3.05, 3.63) is 36.2 Å². The third-order valence-corrected chi connectivity index (χ3v) is 7.13. The molecule has 3 fully saturated rings. The maximum Gasteiger partial charge on any atom is 0.257 e. The molecule has 0 N–H and O–H groups in total. The fourth-order valence-corrected chi connectivity index (χ4v) is 4.96. The fraction of sp³-hybridized carbons (Fsp3) is 0.591. The second-order valence-corrected chi connectivity index (χ2v) is 9.31. The van der Waals surface area contributed by atoms with Crippen LogP contribution in [0.3, 0.4) is 0 Å². The van der Waals surface area contributed by atoms with Crippen molar-refractivity contribution in [3.63, 3.8) is 0 Å². The lowest BCUT2D eigenvalue weighted by Crippen LogP contribution is -2.46. The van der Waals surface area contributed by atoms with Crippen LogP contribution in [0.15, 0.2) is 34.9 Å². The first-order chi connectivity index (χ1) is 13.5.